The van der Waals surface area contributed by atoms with Gasteiger partial charge in [-0.05, 0) is 23.6 Å². The Morgan fingerprint density at radius 3 is 2.50 bits per heavy atom. The van der Waals surface area contributed by atoms with Crippen LogP contribution in [0.25, 0.3) is 0 Å². The van der Waals surface area contributed by atoms with Gasteiger partial charge in [0.15, 0.2) is 11.6 Å². The van der Waals surface area contributed by atoms with Crippen LogP contribution in [0.15, 0.2) is 18.2 Å². The van der Waals surface area contributed by atoms with Crippen molar-refractivity contribution in [2.75, 3.05) is 6.61 Å². The van der Waals surface area contributed by atoms with Gasteiger partial charge in [0.2, 0.25) is 5.91 Å². The van der Waals surface area contributed by atoms with Gasteiger partial charge >= 0.3 is 0 Å². The van der Waals surface area contributed by atoms with Crippen LogP contribution in [0.2, 0.25) is 0 Å². The molecule has 0 bridgehead atoms. The largest absolute Gasteiger partial charge is 0.396 e. The molecule has 0 aliphatic carbocycles. The normalized spacial score (nSPS) is 12.6. The maximum Gasteiger partial charge on any atom is 0.225 e. The van der Waals surface area contributed by atoms with Gasteiger partial charge < -0.3 is 10.4 Å². The summed E-state index contributed by atoms with van der Waals surface area (Å²) in [5.74, 6) is -2.63. The fourth-order valence-corrected chi connectivity index (χ4v) is 1.57. The topological polar surface area (TPSA) is 49.3 Å². The van der Waals surface area contributed by atoms with Crippen LogP contribution in [0, 0.1) is 23.5 Å². The van der Waals surface area contributed by atoms with Gasteiger partial charge in [-0.25, -0.2) is 8.78 Å². The van der Waals surface area contributed by atoms with E-state index in [0.717, 1.165) is 12.1 Å². The molecule has 0 heterocycles. The molecule has 5 heteroatoms. The van der Waals surface area contributed by atoms with Crippen LogP contribution >= 0.6 is 0 Å². The van der Waals surface area contributed by atoms with E-state index in [1.54, 1.807) is 0 Å². The van der Waals surface area contributed by atoms with E-state index < -0.39 is 17.6 Å². The Kier molecular flexibility index (Phi) is 5.22. The third kappa shape index (κ3) is 3.77. The van der Waals surface area contributed by atoms with Crippen LogP contribution in [-0.4, -0.2) is 17.6 Å². The molecule has 0 saturated carbocycles. The third-order valence-electron chi connectivity index (χ3n) is 2.79. The van der Waals surface area contributed by atoms with Crippen molar-refractivity contribution in [3.05, 3.63) is 35.4 Å². The van der Waals surface area contributed by atoms with E-state index in [1.807, 2.05) is 13.8 Å². The van der Waals surface area contributed by atoms with Gasteiger partial charge in [0.1, 0.15) is 0 Å². The van der Waals surface area contributed by atoms with Crippen LogP contribution in [0.4, 0.5) is 8.78 Å². The maximum atomic E-state index is 12.9. The number of aliphatic hydroxyl groups excluding tert-OH is 1. The van der Waals surface area contributed by atoms with E-state index in [9.17, 15) is 13.6 Å². The van der Waals surface area contributed by atoms with Gasteiger partial charge in [0.25, 0.3) is 0 Å². The molecule has 3 nitrogen and oxygen atoms in total. The highest BCUT2D eigenvalue weighted by Crippen LogP contribution is 2.11. The van der Waals surface area contributed by atoms with E-state index in [-0.39, 0.29) is 25.0 Å². The molecule has 0 aromatic heterocycles. The molecule has 0 saturated heterocycles. The van der Waals surface area contributed by atoms with Gasteiger partial charge in [0.05, 0.1) is 12.5 Å². The van der Waals surface area contributed by atoms with Gasteiger partial charge in [0, 0.05) is 6.54 Å². The smallest absolute Gasteiger partial charge is 0.225 e. The maximum absolute atomic E-state index is 12.9. The van der Waals surface area contributed by atoms with Crippen molar-refractivity contribution in [1.29, 1.82) is 0 Å². The quantitative estimate of drug-likeness (QED) is 0.845. The number of carbonyl (C=O) groups excluding carboxylic acids is 1. The lowest BCUT2D eigenvalue weighted by Gasteiger charge is -2.17. The number of hydrogen-bond donors (Lipinski definition) is 2. The molecule has 1 rings (SSSR count). The zero-order valence-electron chi connectivity index (χ0n) is 10.4. The van der Waals surface area contributed by atoms with Crippen molar-refractivity contribution in [3.8, 4) is 0 Å². The third-order valence-corrected chi connectivity index (χ3v) is 2.79. The zero-order chi connectivity index (χ0) is 13.7. The van der Waals surface area contributed by atoms with Crippen LogP contribution in [0.5, 0.6) is 0 Å². The molecule has 18 heavy (non-hydrogen) atoms. The summed E-state index contributed by atoms with van der Waals surface area (Å²) in [4.78, 5) is 11.7. The number of rotatable bonds is 5. The number of amides is 1. The summed E-state index contributed by atoms with van der Waals surface area (Å²) in [6.07, 6.45) is 0. The minimum absolute atomic E-state index is 0.0138. The lowest BCUT2D eigenvalue weighted by molar-refractivity contribution is -0.127. The summed E-state index contributed by atoms with van der Waals surface area (Å²) < 4.78 is 25.6. The lowest BCUT2D eigenvalue weighted by atomic mass is 9.96. The predicted octanol–water partition coefficient (Wildman–Crippen LogP) is 1.85. The van der Waals surface area contributed by atoms with E-state index in [0.29, 0.717) is 5.56 Å². The standard InChI is InChI=1S/C13H17F2NO2/c1-8(2)10(7-17)13(18)16-6-9-3-4-11(14)12(15)5-9/h3-5,8,10,17H,6-7H2,1-2H3,(H,16,18). The molecule has 1 amide bonds. The summed E-state index contributed by atoms with van der Waals surface area (Å²) in [7, 11) is 0. The minimum Gasteiger partial charge on any atom is -0.396 e. The van der Waals surface area contributed by atoms with Gasteiger partial charge in [-0.1, -0.05) is 19.9 Å². The number of aliphatic hydroxyl groups is 1. The molecule has 0 aliphatic heterocycles. The highest BCUT2D eigenvalue weighted by Gasteiger charge is 2.20. The number of nitrogens with one attached hydrogen (secondary N) is 1. The minimum atomic E-state index is -0.940. The number of hydrogen-bond acceptors (Lipinski definition) is 2. The molecule has 1 aromatic rings. The number of carbonyl (C=O) groups is 1. The fourth-order valence-electron chi connectivity index (χ4n) is 1.57. The van der Waals surface area contributed by atoms with Crippen molar-refractivity contribution >= 4 is 5.91 Å². The van der Waals surface area contributed by atoms with Crippen molar-refractivity contribution < 1.29 is 18.7 Å². The first kappa shape index (κ1) is 14.6. The molecule has 1 unspecified atom stereocenters. The Morgan fingerprint density at radius 1 is 1.33 bits per heavy atom. The summed E-state index contributed by atoms with van der Waals surface area (Å²) in [5, 5.41) is 11.7. The first-order valence-electron chi connectivity index (χ1n) is 5.78. The van der Waals surface area contributed by atoms with E-state index in [1.165, 1.54) is 6.07 Å². The molecule has 1 aromatic carbocycles. The molecule has 0 spiro atoms. The van der Waals surface area contributed by atoms with Gasteiger partial charge in [-0.3, -0.25) is 4.79 Å². The van der Waals surface area contributed by atoms with Crippen molar-refractivity contribution in [1.82, 2.24) is 5.32 Å². The second-order valence-electron chi connectivity index (χ2n) is 4.50. The Morgan fingerprint density at radius 2 is 2.00 bits per heavy atom. The van der Waals surface area contributed by atoms with Crippen LogP contribution in [0.1, 0.15) is 19.4 Å². The molecule has 0 fully saturated rings. The highest BCUT2D eigenvalue weighted by atomic mass is 19.2. The van der Waals surface area contributed by atoms with Crippen molar-refractivity contribution in [2.45, 2.75) is 20.4 Å². The number of benzene rings is 1. The Hall–Kier alpha value is -1.49. The van der Waals surface area contributed by atoms with Crippen LogP contribution in [0.3, 0.4) is 0 Å². The van der Waals surface area contributed by atoms with Crippen molar-refractivity contribution in [3.63, 3.8) is 0 Å². The first-order valence-corrected chi connectivity index (χ1v) is 5.78. The Labute approximate surface area is 105 Å². The molecule has 0 aliphatic rings. The SMILES string of the molecule is CC(C)C(CO)C(=O)NCc1ccc(F)c(F)c1. The molecular formula is C13H17F2NO2. The highest BCUT2D eigenvalue weighted by molar-refractivity contribution is 5.78. The van der Waals surface area contributed by atoms with Crippen molar-refractivity contribution in [2.24, 2.45) is 11.8 Å². The summed E-state index contributed by atoms with van der Waals surface area (Å²) >= 11 is 0. The number of halogens is 2. The first-order chi connectivity index (χ1) is 8.45. The van der Waals surface area contributed by atoms with Gasteiger partial charge in [-0.15, -0.1) is 0 Å². The second-order valence-corrected chi connectivity index (χ2v) is 4.50. The predicted molar refractivity (Wildman–Crippen MR) is 63.6 cm³/mol. The van der Waals surface area contributed by atoms with E-state index in [4.69, 9.17) is 5.11 Å². The summed E-state index contributed by atoms with van der Waals surface area (Å²) in [6, 6.07) is 3.46. The monoisotopic (exact) mass is 257 g/mol. The van der Waals surface area contributed by atoms with Crippen LogP contribution in [-0.2, 0) is 11.3 Å². The lowest BCUT2D eigenvalue weighted by Crippen LogP contribution is -2.35. The fraction of sp³-hybridized carbons (Fsp3) is 0.462. The van der Waals surface area contributed by atoms with Crippen LogP contribution < -0.4 is 5.32 Å². The second kappa shape index (κ2) is 6.44. The Bertz CT molecular complexity index is 421. The zero-order valence-corrected chi connectivity index (χ0v) is 10.4. The molecule has 0 radical (unpaired) electrons. The average molecular weight is 257 g/mol. The average Bonchev–Trinajstić information content (AvgIpc) is 2.31. The molecular weight excluding hydrogens is 240 g/mol. The molecule has 100 valence electrons. The van der Waals surface area contributed by atoms with E-state index >= 15 is 0 Å². The van der Waals surface area contributed by atoms with E-state index in [2.05, 4.69) is 5.32 Å². The molecule has 1 atom stereocenters. The summed E-state index contributed by atoms with van der Waals surface area (Å²) in [5.41, 5.74) is 0.475. The van der Waals surface area contributed by atoms with Gasteiger partial charge in [-0.2, -0.15) is 0 Å². The summed E-state index contributed by atoms with van der Waals surface area (Å²) in [6.45, 7) is 3.54. The molecule has 2 N–H and O–H groups in total. The Balaban J connectivity index is 2.59.